The first-order valence-corrected chi connectivity index (χ1v) is 24.9. The van der Waals surface area contributed by atoms with Crippen molar-refractivity contribution in [2.75, 3.05) is 0 Å². The maximum atomic E-state index is 4.18. The van der Waals surface area contributed by atoms with Crippen molar-refractivity contribution in [3.63, 3.8) is 0 Å². The smallest absolute Gasteiger partial charge is 0.144 e. The Morgan fingerprint density at radius 2 is 0.471 bits per heavy atom. The average Bonchev–Trinajstić information content (AvgIpc) is 3.91. The number of allylic oxidation sites excluding steroid dienone is 4. The minimum absolute atomic E-state index is 0. The molecule has 0 N–H and O–H groups in total. The van der Waals surface area contributed by atoms with Crippen molar-refractivity contribution < 1.29 is 21.7 Å². The molecule has 10 aromatic carbocycles. The SMILES string of the molecule is Cl.Cl.Cl.[C-]1=C([Si](c2cc(-c3ccccc3)cc(-c3ccccc3)c2)(c2cc(-c3ccccc3)cc(-c3ccccc3)c2)c2cc(-c3ccccc3)cc(-c3ccccc3)c2)C(c2ccccc2)=CC1.[Ti]. The first kappa shape index (κ1) is 51.3. The van der Waals surface area contributed by atoms with Gasteiger partial charge in [-0.2, -0.15) is 11.6 Å². The Kier molecular flexibility index (Phi) is 17.2. The van der Waals surface area contributed by atoms with Gasteiger partial charge in [-0.3, -0.25) is 6.08 Å². The zero-order valence-electron chi connectivity index (χ0n) is 38.4. The number of benzene rings is 10. The van der Waals surface area contributed by atoms with E-state index >= 15 is 0 Å². The van der Waals surface area contributed by atoms with Crippen molar-refractivity contribution in [1.82, 2.24) is 0 Å². The van der Waals surface area contributed by atoms with Crippen LogP contribution < -0.4 is 15.6 Å². The third-order valence-corrected chi connectivity index (χ3v) is 17.7. The van der Waals surface area contributed by atoms with E-state index in [9.17, 15) is 0 Å². The van der Waals surface area contributed by atoms with Gasteiger partial charge >= 0.3 is 0 Å². The summed E-state index contributed by atoms with van der Waals surface area (Å²) in [5.41, 5.74) is 16.8. The molecule has 1 aliphatic rings. The molecule has 340 valence electrons. The molecule has 0 aliphatic heterocycles. The molecule has 0 nitrogen and oxygen atoms in total. The monoisotopic (exact) mass is 1010 g/mol. The van der Waals surface area contributed by atoms with Crippen molar-refractivity contribution in [2.24, 2.45) is 0 Å². The Hall–Kier alpha value is -6.52. The fourth-order valence-electron chi connectivity index (χ4n) is 9.92. The number of rotatable bonds is 11. The Bertz CT molecular complexity index is 2870. The van der Waals surface area contributed by atoms with E-state index in [4.69, 9.17) is 0 Å². The van der Waals surface area contributed by atoms with Gasteiger partial charge in [-0.15, -0.1) is 49.2 Å². The normalized spacial score (nSPS) is 11.7. The third kappa shape index (κ3) is 10.3. The number of hydrogen-bond donors (Lipinski definition) is 0. The summed E-state index contributed by atoms with van der Waals surface area (Å²) >= 11 is 0. The molecule has 0 atom stereocenters. The van der Waals surface area contributed by atoms with Crippen LogP contribution in [0.1, 0.15) is 12.0 Å². The summed E-state index contributed by atoms with van der Waals surface area (Å²) in [5.74, 6) is 0. The van der Waals surface area contributed by atoms with E-state index in [1.165, 1.54) is 98.7 Å². The molecular formula is C65H50Cl3SiTi-. The van der Waals surface area contributed by atoms with Gasteiger partial charge in [0, 0.05) is 21.7 Å². The second-order valence-corrected chi connectivity index (χ2v) is 20.8. The van der Waals surface area contributed by atoms with E-state index in [0.29, 0.717) is 0 Å². The molecule has 0 saturated carbocycles. The van der Waals surface area contributed by atoms with E-state index in [1.54, 1.807) is 0 Å². The second kappa shape index (κ2) is 23.4. The van der Waals surface area contributed by atoms with Gasteiger partial charge in [0.25, 0.3) is 0 Å². The van der Waals surface area contributed by atoms with Crippen LogP contribution in [0.4, 0.5) is 0 Å². The average molecular weight is 1010 g/mol. The third-order valence-electron chi connectivity index (χ3n) is 13.1. The van der Waals surface area contributed by atoms with Crippen LogP contribution in [0.5, 0.6) is 0 Å². The summed E-state index contributed by atoms with van der Waals surface area (Å²) in [7, 11) is -3.49. The van der Waals surface area contributed by atoms with Crippen LogP contribution in [0.3, 0.4) is 0 Å². The summed E-state index contributed by atoms with van der Waals surface area (Å²) < 4.78 is 0. The van der Waals surface area contributed by atoms with Gasteiger partial charge in [-0.1, -0.05) is 249 Å². The summed E-state index contributed by atoms with van der Waals surface area (Å²) in [4.78, 5) is 0. The van der Waals surface area contributed by atoms with Crippen LogP contribution in [-0.4, -0.2) is 8.07 Å². The van der Waals surface area contributed by atoms with Crippen molar-refractivity contribution in [1.29, 1.82) is 0 Å². The largest absolute Gasteiger partial charge is 0.272 e. The predicted octanol–water partition coefficient (Wildman–Crippen LogP) is 16.2. The van der Waals surface area contributed by atoms with Crippen LogP contribution in [-0.2, 0) is 21.7 Å². The van der Waals surface area contributed by atoms with E-state index in [0.717, 1.165) is 6.42 Å². The zero-order chi connectivity index (χ0) is 44.1. The molecule has 0 spiro atoms. The predicted molar refractivity (Wildman–Crippen MR) is 304 cm³/mol. The minimum Gasteiger partial charge on any atom is -0.272 e. The molecular weight excluding hydrogens is 963 g/mol. The molecule has 0 heterocycles. The quantitative estimate of drug-likeness (QED) is 0.0688. The standard InChI is InChI=1S/C65H47Si.3ClH.Ti/c1-8-23-48(24-9-1)55-39-56(49-25-10-2-11-26-49)43-61(42-55)66(65-38-22-37-64(65)54-35-20-7-21-36-54,62-44-57(50-27-12-3-13-28-50)40-58(45-62)51-29-14-4-15-30-51)63-46-59(52-31-16-5-17-32-52)41-60(47-63)53-33-18-6-19-34-53;;;;/h1-21,23-37,39-47H,22H2;3*1H;/q-1;;;;. The summed E-state index contributed by atoms with van der Waals surface area (Å²) in [6.45, 7) is 0. The van der Waals surface area contributed by atoms with E-state index in [1.807, 2.05) is 0 Å². The summed E-state index contributed by atoms with van der Waals surface area (Å²) in [6, 6.07) is 98.9. The van der Waals surface area contributed by atoms with Gasteiger partial charge in [-0.25, -0.2) is 5.20 Å². The van der Waals surface area contributed by atoms with Crippen LogP contribution in [0.15, 0.2) is 278 Å². The van der Waals surface area contributed by atoms with E-state index in [2.05, 4.69) is 279 Å². The molecule has 10 aromatic rings. The van der Waals surface area contributed by atoms with Crippen LogP contribution in [0, 0.1) is 6.08 Å². The van der Waals surface area contributed by atoms with Gasteiger partial charge < -0.3 is 0 Å². The Morgan fingerprint density at radius 1 is 0.257 bits per heavy atom. The molecule has 0 bridgehead atoms. The number of halogens is 3. The minimum atomic E-state index is -3.49. The van der Waals surface area contributed by atoms with Crippen LogP contribution >= 0.6 is 37.2 Å². The molecule has 11 rings (SSSR count). The first-order valence-electron chi connectivity index (χ1n) is 22.9. The van der Waals surface area contributed by atoms with Crippen molar-refractivity contribution in [3.05, 3.63) is 290 Å². The van der Waals surface area contributed by atoms with Crippen molar-refractivity contribution in [3.8, 4) is 66.8 Å². The first-order chi connectivity index (χ1) is 32.7. The Morgan fingerprint density at radius 3 is 0.700 bits per heavy atom. The molecule has 1 aliphatic carbocycles. The molecule has 5 heteroatoms. The van der Waals surface area contributed by atoms with Gasteiger partial charge in [0.15, 0.2) is 0 Å². The topological polar surface area (TPSA) is 0 Å². The molecule has 70 heavy (non-hydrogen) atoms. The molecule has 0 saturated heterocycles. The van der Waals surface area contributed by atoms with Gasteiger partial charge in [0.1, 0.15) is 8.07 Å². The fourth-order valence-corrected chi connectivity index (χ4v) is 15.0. The maximum absolute atomic E-state index is 4.18. The summed E-state index contributed by atoms with van der Waals surface area (Å²) in [5, 5.41) is 5.21. The van der Waals surface area contributed by atoms with Crippen LogP contribution in [0.25, 0.3) is 72.3 Å². The summed E-state index contributed by atoms with van der Waals surface area (Å²) in [6.07, 6.45) is 7.33. The molecule has 0 fully saturated rings. The molecule has 0 unspecified atom stereocenters. The van der Waals surface area contributed by atoms with Crippen molar-refractivity contribution >= 4 is 66.4 Å². The Balaban J connectivity index is 0.00000180. The number of hydrogen-bond acceptors (Lipinski definition) is 0. The van der Waals surface area contributed by atoms with E-state index in [-0.39, 0.29) is 58.9 Å². The molecule has 0 amide bonds. The van der Waals surface area contributed by atoms with Gasteiger partial charge in [0.2, 0.25) is 0 Å². The second-order valence-electron chi connectivity index (χ2n) is 17.1. The van der Waals surface area contributed by atoms with Gasteiger partial charge in [-0.05, 0) is 101 Å². The molecule has 0 aromatic heterocycles. The fraction of sp³-hybridized carbons (Fsp3) is 0.0154. The Labute approximate surface area is 447 Å². The zero-order valence-corrected chi connectivity index (χ0v) is 43.4. The van der Waals surface area contributed by atoms with E-state index < -0.39 is 8.07 Å². The molecule has 0 radical (unpaired) electrons. The van der Waals surface area contributed by atoms with Crippen LogP contribution in [0.2, 0.25) is 0 Å². The maximum Gasteiger partial charge on any atom is 0.144 e. The van der Waals surface area contributed by atoms with Gasteiger partial charge in [0.05, 0.1) is 0 Å². The van der Waals surface area contributed by atoms with Crippen molar-refractivity contribution in [2.45, 2.75) is 6.42 Å².